The molecule has 1 saturated heterocycles. The summed E-state index contributed by atoms with van der Waals surface area (Å²) in [6.45, 7) is 1.39. The summed E-state index contributed by atoms with van der Waals surface area (Å²) < 4.78 is 6.64. The molecule has 2 heterocycles. The molecule has 1 aliphatic rings. The van der Waals surface area contributed by atoms with Crippen molar-refractivity contribution >= 4 is 38.7 Å². The minimum atomic E-state index is -0.281. The van der Waals surface area contributed by atoms with Gasteiger partial charge in [-0.25, -0.2) is 0 Å². The van der Waals surface area contributed by atoms with Crippen LogP contribution in [0.3, 0.4) is 0 Å². The van der Waals surface area contributed by atoms with E-state index in [-0.39, 0.29) is 11.8 Å². The first kappa shape index (κ1) is 16.1. The van der Waals surface area contributed by atoms with E-state index in [0.717, 1.165) is 35.7 Å². The number of halogens is 1. The molecule has 0 bridgehead atoms. The topological polar surface area (TPSA) is 76.5 Å². The van der Waals surface area contributed by atoms with Gasteiger partial charge in [0.15, 0.2) is 5.76 Å². The van der Waals surface area contributed by atoms with Crippen LogP contribution in [0.15, 0.2) is 33.2 Å². The smallest absolute Gasteiger partial charge is 0.289 e. The van der Waals surface area contributed by atoms with Crippen LogP contribution in [0.25, 0.3) is 11.0 Å². The van der Waals surface area contributed by atoms with Crippen LogP contribution in [-0.2, 0) is 4.79 Å². The van der Waals surface area contributed by atoms with Gasteiger partial charge in [-0.05, 0) is 49.4 Å². The molecule has 3 rings (SSSR count). The van der Waals surface area contributed by atoms with Gasteiger partial charge in [0.2, 0.25) is 5.91 Å². The summed E-state index contributed by atoms with van der Waals surface area (Å²) >= 11 is 3.42. The number of piperidine rings is 1. The zero-order chi connectivity index (χ0) is 16.4. The Morgan fingerprint density at radius 1 is 1.35 bits per heavy atom. The van der Waals surface area contributed by atoms with Crippen LogP contribution >= 0.6 is 15.9 Å². The molecule has 1 aromatic heterocycles. The van der Waals surface area contributed by atoms with E-state index in [9.17, 15) is 9.59 Å². The number of likely N-dealkylation sites (tertiary alicyclic amines) is 1. The van der Waals surface area contributed by atoms with E-state index >= 15 is 0 Å². The highest BCUT2D eigenvalue weighted by molar-refractivity contribution is 9.10. The number of benzene rings is 1. The van der Waals surface area contributed by atoms with Crippen LogP contribution in [0.2, 0.25) is 0 Å². The van der Waals surface area contributed by atoms with Crippen molar-refractivity contribution in [1.29, 1.82) is 0 Å². The number of carbonyl (C=O) groups excluding carboxylic acids is 2. The summed E-state index contributed by atoms with van der Waals surface area (Å²) in [4.78, 5) is 25.4. The Bertz CT molecular complexity index is 741. The first-order valence-electron chi connectivity index (χ1n) is 7.79. The Morgan fingerprint density at radius 2 is 2.17 bits per heavy atom. The second-order valence-electron chi connectivity index (χ2n) is 6.06. The minimum Gasteiger partial charge on any atom is -0.451 e. The van der Waals surface area contributed by atoms with Crippen molar-refractivity contribution in [3.63, 3.8) is 0 Å². The molecular formula is C17H19BrN2O3. The molecule has 2 aromatic rings. The van der Waals surface area contributed by atoms with Crippen molar-refractivity contribution in [1.82, 2.24) is 4.90 Å². The molecule has 1 atom stereocenters. The molecular weight excluding hydrogens is 360 g/mol. The maximum atomic E-state index is 12.7. The fourth-order valence-corrected chi connectivity index (χ4v) is 3.49. The number of hydrogen-bond acceptors (Lipinski definition) is 3. The number of carbonyl (C=O) groups is 2. The molecule has 0 radical (unpaired) electrons. The number of primary amides is 1. The lowest BCUT2D eigenvalue weighted by Crippen LogP contribution is -2.40. The van der Waals surface area contributed by atoms with Crippen molar-refractivity contribution in [3.8, 4) is 0 Å². The molecule has 1 fully saturated rings. The van der Waals surface area contributed by atoms with Crippen LogP contribution < -0.4 is 5.73 Å². The highest BCUT2D eigenvalue weighted by atomic mass is 79.9. The van der Waals surface area contributed by atoms with Crippen LogP contribution in [0.4, 0.5) is 0 Å². The lowest BCUT2D eigenvalue weighted by Gasteiger charge is -2.32. The van der Waals surface area contributed by atoms with E-state index in [2.05, 4.69) is 15.9 Å². The molecule has 122 valence electrons. The van der Waals surface area contributed by atoms with Crippen LogP contribution in [-0.4, -0.2) is 29.8 Å². The summed E-state index contributed by atoms with van der Waals surface area (Å²) in [6.07, 6.45) is 3.10. The second-order valence-corrected chi connectivity index (χ2v) is 6.97. The Balaban J connectivity index is 1.71. The Hall–Kier alpha value is -1.82. The Labute approximate surface area is 142 Å². The molecule has 0 aliphatic carbocycles. The molecule has 1 unspecified atom stereocenters. The third kappa shape index (κ3) is 3.75. The average Bonchev–Trinajstić information content (AvgIpc) is 2.95. The van der Waals surface area contributed by atoms with Gasteiger partial charge in [-0.3, -0.25) is 9.59 Å². The number of hydrogen-bond donors (Lipinski definition) is 1. The van der Waals surface area contributed by atoms with Crippen LogP contribution in [0.5, 0.6) is 0 Å². The van der Waals surface area contributed by atoms with E-state index in [0.29, 0.717) is 30.2 Å². The van der Waals surface area contributed by atoms with Gasteiger partial charge in [-0.1, -0.05) is 15.9 Å². The van der Waals surface area contributed by atoms with Crippen LogP contribution in [0.1, 0.15) is 36.2 Å². The van der Waals surface area contributed by atoms with Crippen molar-refractivity contribution < 1.29 is 14.0 Å². The molecule has 23 heavy (non-hydrogen) atoms. The maximum absolute atomic E-state index is 12.7. The Morgan fingerprint density at radius 3 is 2.96 bits per heavy atom. The van der Waals surface area contributed by atoms with E-state index in [4.69, 9.17) is 10.2 Å². The second kappa shape index (κ2) is 6.74. The third-order valence-electron chi connectivity index (χ3n) is 4.29. The zero-order valence-corrected chi connectivity index (χ0v) is 14.3. The first-order valence-corrected chi connectivity index (χ1v) is 8.59. The molecule has 5 nitrogen and oxygen atoms in total. The minimum absolute atomic E-state index is 0.0823. The molecule has 1 aromatic carbocycles. The van der Waals surface area contributed by atoms with Gasteiger partial charge in [0, 0.05) is 29.4 Å². The van der Waals surface area contributed by atoms with Crippen molar-refractivity contribution in [2.24, 2.45) is 11.7 Å². The SMILES string of the molecule is NC(=O)CCC1CCCN(C(=O)c2cc3cc(Br)ccc3o2)C1. The van der Waals surface area contributed by atoms with Gasteiger partial charge < -0.3 is 15.1 Å². The highest BCUT2D eigenvalue weighted by Gasteiger charge is 2.26. The summed E-state index contributed by atoms with van der Waals surface area (Å²) in [7, 11) is 0. The van der Waals surface area contributed by atoms with Crippen LogP contribution in [0, 0.1) is 5.92 Å². The number of fused-ring (bicyclic) bond motifs is 1. The average molecular weight is 379 g/mol. The van der Waals surface area contributed by atoms with E-state index in [1.807, 2.05) is 23.1 Å². The van der Waals surface area contributed by atoms with Crippen molar-refractivity contribution in [2.75, 3.05) is 13.1 Å². The number of rotatable bonds is 4. The van der Waals surface area contributed by atoms with Gasteiger partial charge in [-0.15, -0.1) is 0 Å². The van der Waals surface area contributed by atoms with Crippen molar-refractivity contribution in [2.45, 2.75) is 25.7 Å². The summed E-state index contributed by atoms with van der Waals surface area (Å²) in [5.41, 5.74) is 5.92. The van der Waals surface area contributed by atoms with Gasteiger partial charge in [0.05, 0.1) is 0 Å². The number of furan rings is 1. The molecule has 0 saturated carbocycles. The quantitative estimate of drug-likeness (QED) is 0.886. The third-order valence-corrected chi connectivity index (χ3v) is 4.79. The van der Waals surface area contributed by atoms with E-state index < -0.39 is 0 Å². The van der Waals surface area contributed by atoms with Gasteiger partial charge in [0.1, 0.15) is 5.58 Å². The number of nitrogens with zero attached hydrogens (tertiary/aromatic N) is 1. The monoisotopic (exact) mass is 378 g/mol. The first-order chi connectivity index (χ1) is 11.0. The highest BCUT2D eigenvalue weighted by Crippen LogP contribution is 2.26. The summed E-state index contributed by atoms with van der Waals surface area (Å²) in [5.74, 6) is 0.338. The lowest BCUT2D eigenvalue weighted by molar-refractivity contribution is -0.118. The summed E-state index contributed by atoms with van der Waals surface area (Å²) in [5, 5.41) is 0.907. The zero-order valence-electron chi connectivity index (χ0n) is 12.8. The van der Waals surface area contributed by atoms with Gasteiger partial charge in [0.25, 0.3) is 5.91 Å². The molecule has 0 spiro atoms. The maximum Gasteiger partial charge on any atom is 0.289 e. The van der Waals surface area contributed by atoms with Gasteiger partial charge >= 0.3 is 0 Å². The van der Waals surface area contributed by atoms with E-state index in [1.54, 1.807) is 6.07 Å². The molecule has 1 aliphatic heterocycles. The lowest BCUT2D eigenvalue weighted by atomic mass is 9.93. The standard InChI is InChI=1S/C17H19BrN2O3/c18-13-4-5-14-12(8-13)9-15(23-14)17(22)20-7-1-2-11(10-20)3-6-16(19)21/h4-5,8-9,11H,1-3,6-7,10H2,(H2,19,21). The number of nitrogens with two attached hydrogens (primary N) is 1. The Kier molecular flexibility index (Phi) is 4.71. The largest absolute Gasteiger partial charge is 0.451 e. The molecule has 2 amide bonds. The molecule has 2 N–H and O–H groups in total. The number of amides is 2. The predicted octanol–water partition coefficient (Wildman–Crippen LogP) is 3.31. The fraction of sp³-hybridized carbons (Fsp3) is 0.412. The fourth-order valence-electron chi connectivity index (χ4n) is 3.11. The normalized spacial score (nSPS) is 18.3. The predicted molar refractivity (Wildman–Crippen MR) is 91.0 cm³/mol. The van der Waals surface area contributed by atoms with E-state index in [1.165, 1.54) is 0 Å². The van der Waals surface area contributed by atoms with Crippen molar-refractivity contribution in [3.05, 3.63) is 34.5 Å². The summed E-state index contributed by atoms with van der Waals surface area (Å²) in [6, 6.07) is 7.46. The van der Waals surface area contributed by atoms with Gasteiger partial charge in [-0.2, -0.15) is 0 Å². The molecule has 6 heteroatoms.